The lowest BCUT2D eigenvalue weighted by molar-refractivity contribution is -0.137. The number of pyridine rings is 1. The minimum atomic E-state index is -4.44. The molecule has 0 spiro atoms. The van der Waals surface area contributed by atoms with Crippen LogP contribution in [0.1, 0.15) is 55.6 Å². The van der Waals surface area contributed by atoms with E-state index in [1.165, 1.54) is 0 Å². The molecule has 1 heterocycles. The Morgan fingerprint density at radius 3 is 2.50 bits per heavy atom. The molecule has 1 N–H and O–H groups in total. The van der Waals surface area contributed by atoms with E-state index in [1.807, 2.05) is 0 Å². The molecule has 1 aromatic heterocycles. The van der Waals surface area contributed by atoms with Gasteiger partial charge in [0.2, 0.25) is 0 Å². The van der Waals surface area contributed by atoms with E-state index < -0.39 is 17.6 Å². The first-order chi connectivity index (χ1) is 10.2. The van der Waals surface area contributed by atoms with Gasteiger partial charge in [-0.25, -0.2) is 0 Å². The van der Waals surface area contributed by atoms with E-state index in [9.17, 15) is 18.0 Å². The number of hydrogen-bond acceptors (Lipinski definition) is 2. The molecule has 1 saturated carbocycles. The van der Waals surface area contributed by atoms with Gasteiger partial charge in [0, 0.05) is 12.7 Å². The molecule has 2 rings (SSSR count). The topological polar surface area (TPSA) is 42.0 Å². The standard InChI is InChI=1S/C16H21F3N2O/c1-11-5-7-15(2,8-6-11)10-21-14(22)13-4-3-12(9-20-13)16(17,18)19/h3-4,9,11H,5-8,10H2,1-2H3,(H,21,22). The van der Waals surface area contributed by atoms with Crippen LogP contribution in [-0.2, 0) is 6.18 Å². The smallest absolute Gasteiger partial charge is 0.350 e. The Balaban J connectivity index is 1.92. The van der Waals surface area contributed by atoms with E-state index in [4.69, 9.17) is 0 Å². The van der Waals surface area contributed by atoms with Crippen LogP contribution in [0.15, 0.2) is 18.3 Å². The number of hydrogen-bond donors (Lipinski definition) is 1. The van der Waals surface area contributed by atoms with Crippen LogP contribution in [0.3, 0.4) is 0 Å². The van der Waals surface area contributed by atoms with Crippen molar-refractivity contribution in [1.29, 1.82) is 0 Å². The van der Waals surface area contributed by atoms with Gasteiger partial charge in [0.15, 0.2) is 0 Å². The third-order valence-corrected chi connectivity index (χ3v) is 4.48. The number of nitrogens with one attached hydrogen (secondary N) is 1. The molecule has 1 aromatic rings. The quantitative estimate of drug-likeness (QED) is 0.914. The van der Waals surface area contributed by atoms with Gasteiger partial charge in [-0.15, -0.1) is 0 Å². The van der Waals surface area contributed by atoms with Gasteiger partial charge < -0.3 is 5.32 Å². The molecule has 0 bridgehead atoms. The number of alkyl halides is 3. The molecule has 0 aliphatic heterocycles. The van der Waals surface area contributed by atoms with Gasteiger partial charge in [-0.05, 0) is 36.3 Å². The third-order valence-electron chi connectivity index (χ3n) is 4.48. The van der Waals surface area contributed by atoms with Crippen molar-refractivity contribution in [3.05, 3.63) is 29.6 Å². The Morgan fingerprint density at radius 2 is 2.00 bits per heavy atom. The second kappa shape index (κ2) is 6.26. The van der Waals surface area contributed by atoms with Gasteiger partial charge in [0.25, 0.3) is 5.91 Å². The molecule has 0 saturated heterocycles. The largest absolute Gasteiger partial charge is 0.417 e. The molecule has 1 aliphatic rings. The zero-order valence-corrected chi connectivity index (χ0v) is 12.8. The maximum atomic E-state index is 12.5. The number of rotatable bonds is 3. The highest BCUT2D eigenvalue weighted by Crippen LogP contribution is 2.37. The highest BCUT2D eigenvalue weighted by atomic mass is 19.4. The lowest BCUT2D eigenvalue weighted by Gasteiger charge is -2.36. The summed E-state index contributed by atoms with van der Waals surface area (Å²) in [5, 5.41) is 2.80. The van der Waals surface area contributed by atoms with E-state index in [2.05, 4.69) is 24.1 Å². The first kappa shape index (κ1) is 16.8. The molecule has 1 amide bonds. The predicted octanol–water partition coefficient (Wildman–Crippen LogP) is 4.05. The van der Waals surface area contributed by atoms with Crippen LogP contribution in [0.5, 0.6) is 0 Å². The van der Waals surface area contributed by atoms with Crippen molar-refractivity contribution in [1.82, 2.24) is 10.3 Å². The highest BCUT2D eigenvalue weighted by Gasteiger charge is 2.32. The van der Waals surface area contributed by atoms with Crippen LogP contribution < -0.4 is 5.32 Å². The second-order valence-corrected chi connectivity index (χ2v) is 6.61. The van der Waals surface area contributed by atoms with Crippen LogP contribution >= 0.6 is 0 Å². The zero-order valence-electron chi connectivity index (χ0n) is 12.8. The molecule has 0 unspecified atom stereocenters. The second-order valence-electron chi connectivity index (χ2n) is 6.61. The molecule has 1 aliphatic carbocycles. The lowest BCUT2D eigenvalue weighted by atomic mass is 9.72. The van der Waals surface area contributed by atoms with E-state index in [0.717, 1.165) is 43.7 Å². The Kier molecular flexibility index (Phi) is 4.78. The summed E-state index contributed by atoms with van der Waals surface area (Å²) in [6.45, 7) is 4.89. The van der Waals surface area contributed by atoms with Crippen molar-refractivity contribution in [3.8, 4) is 0 Å². The molecule has 0 radical (unpaired) electrons. The van der Waals surface area contributed by atoms with Crippen molar-refractivity contribution in [2.45, 2.75) is 45.7 Å². The molecule has 6 heteroatoms. The summed E-state index contributed by atoms with van der Waals surface area (Å²) in [6.07, 6.45) is 0.646. The van der Waals surface area contributed by atoms with E-state index in [0.29, 0.717) is 12.7 Å². The van der Waals surface area contributed by atoms with Crippen molar-refractivity contribution in [2.24, 2.45) is 11.3 Å². The summed E-state index contributed by atoms with van der Waals surface area (Å²) < 4.78 is 37.4. The Hall–Kier alpha value is -1.59. The minimum Gasteiger partial charge on any atom is -0.350 e. The van der Waals surface area contributed by atoms with Crippen molar-refractivity contribution in [3.63, 3.8) is 0 Å². The monoisotopic (exact) mass is 314 g/mol. The number of amides is 1. The van der Waals surface area contributed by atoms with Gasteiger partial charge in [-0.1, -0.05) is 26.7 Å². The summed E-state index contributed by atoms with van der Waals surface area (Å²) in [5.41, 5.74) is -0.772. The number of nitrogens with zero attached hydrogens (tertiary/aromatic N) is 1. The fourth-order valence-electron chi connectivity index (χ4n) is 2.72. The van der Waals surface area contributed by atoms with Crippen LogP contribution in [0.4, 0.5) is 13.2 Å². The molecule has 0 aromatic carbocycles. The van der Waals surface area contributed by atoms with Gasteiger partial charge >= 0.3 is 6.18 Å². The van der Waals surface area contributed by atoms with Gasteiger partial charge in [-0.2, -0.15) is 13.2 Å². The average Bonchev–Trinajstić information content (AvgIpc) is 2.48. The molecule has 1 fully saturated rings. The summed E-state index contributed by atoms with van der Waals surface area (Å²) >= 11 is 0. The molecule has 122 valence electrons. The van der Waals surface area contributed by atoms with Gasteiger partial charge in [-0.3, -0.25) is 9.78 Å². The zero-order chi connectivity index (χ0) is 16.4. The molecular formula is C16H21F3N2O. The Labute approximate surface area is 128 Å². The van der Waals surface area contributed by atoms with Crippen LogP contribution in [-0.4, -0.2) is 17.4 Å². The predicted molar refractivity (Wildman–Crippen MR) is 77.3 cm³/mol. The third kappa shape index (κ3) is 4.21. The number of halogens is 3. The van der Waals surface area contributed by atoms with Crippen molar-refractivity contribution >= 4 is 5.91 Å². The van der Waals surface area contributed by atoms with E-state index in [1.54, 1.807) is 0 Å². The Bertz CT molecular complexity index is 517. The number of carbonyl (C=O) groups excluding carboxylic acids is 1. The summed E-state index contributed by atoms with van der Waals surface area (Å²) in [4.78, 5) is 15.6. The van der Waals surface area contributed by atoms with Gasteiger partial charge in [0.05, 0.1) is 5.56 Å². The molecule has 22 heavy (non-hydrogen) atoms. The van der Waals surface area contributed by atoms with E-state index in [-0.39, 0.29) is 11.1 Å². The maximum absolute atomic E-state index is 12.5. The van der Waals surface area contributed by atoms with Crippen molar-refractivity contribution in [2.75, 3.05) is 6.54 Å². The first-order valence-electron chi connectivity index (χ1n) is 7.51. The molecular weight excluding hydrogens is 293 g/mol. The number of aromatic nitrogens is 1. The van der Waals surface area contributed by atoms with Crippen LogP contribution in [0.25, 0.3) is 0 Å². The Morgan fingerprint density at radius 1 is 1.36 bits per heavy atom. The normalized spacial score (nSPS) is 25.8. The van der Waals surface area contributed by atoms with Gasteiger partial charge in [0.1, 0.15) is 5.69 Å². The first-order valence-corrected chi connectivity index (χ1v) is 7.51. The summed E-state index contributed by atoms with van der Waals surface area (Å²) in [7, 11) is 0. The van der Waals surface area contributed by atoms with E-state index >= 15 is 0 Å². The minimum absolute atomic E-state index is 0.0146. The highest BCUT2D eigenvalue weighted by molar-refractivity contribution is 5.92. The fraction of sp³-hybridized carbons (Fsp3) is 0.625. The van der Waals surface area contributed by atoms with Crippen molar-refractivity contribution < 1.29 is 18.0 Å². The van der Waals surface area contributed by atoms with Crippen LogP contribution in [0, 0.1) is 11.3 Å². The summed E-state index contributed by atoms with van der Waals surface area (Å²) in [5.74, 6) is 0.300. The molecule has 0 atom stereocenters. The molecule has 3 nitrogen and oxygen atoms in total. The van der Waals surface area contributed by atoms with Crippen LogP contribution in [0.2, 0.25) is 0 Å². The number of carbonyl (C=O) groups is 1. The maximum Gasteiger partial charge on any atom is 0.417 e. The SMILES string of the molecule is CC1CCC(C)(CNC(=O)c2ccc(C(F)(F)F)cn2)CC1. The lowest BCUT2D eigenvalue weighted by Crippen LogP contribution is -2.38. The summed E-state index contributed by atoms with van der Waals surface area (Å²) in [6, 6.07) is 2.00. The fourth-order valence-corrected chi connectivity index (χ4v) is 2.72. The average molecular weight is 314 g/mol.